The Hall–Kier alpha value is -2.94. The van der Waals surface area contributed by atoms with Crippen LogP contribution in [-0.2, 0) is 14.4 Å². The highest BCUT2D eigenvalue weighted by atomic mass is 32.1. The Labute approximate surface area is 210 Å². The van der Waals surface area contributed by atoms with E-state index >= 15 is 0 Å². The molecule has 2 saturated heterocycles. The number of methoxy groups -OCH3 is 1. The maximum atomic E-state index is 14.0. The number of ether oxygens (including phenoxy) is 1. The van der Waals surface area contributed by atoms with E-state index in [1.165, 1.54) is 11.3 Å². The number of nitrogens with one attached hydrogen (secondary N) is 1. The minimum absolute atomic E-state index is 0.0154. The van der Waals surface area contributed by atoms with Crippen LogP contribution in [0.4, 0.5) is 5.13 Å². The van der Waals surface area contributed by atoms with E-state index in [-0.39, 0.29) is 35.6 Å². The maximum absolute atomic E-state index is 14.0. The lowest BCUT2D eigenvalue weighted by atomic mass is 9.82. The molecular formula is C26H34N4O4S. The van der Waals surface area contributed by atoms with E-state index < -0.39 is 0 Å². The van der Waals surface area contributed by atoms with Gasteiger partial charge in [0.2, 0.25) is 17.7 Å². The highest BCUT2D eigenvalue weighted by Gasteiger charge is 2.44. The number of thiazole rings is 1. The summed E-state index contributed by atoms with van der Waals surface area (Å²) in [6, 6.07) is 7.29. The van der Waals surface area contributed by atoms with E-state index in [2.05, 4.69) is 17.2 Å². The lowest BCUT2D eigenvalue weighted by molar-refractivity contribution is -0.149. The molecular weight excluding hydrogens is 464 g/mol. The van der Waals surface area contributed by atoms with Gasteiger partial charge in [-0.05, 0) is 31.7 Å². The molecule has 8 nitrogen and oxygen atoms in total. The average Bonchev–Trinajstić information content (AvgIpc) is 3.40. The Morgan fingerprint density at radius 3 is 2.83 bits per heavy atom. The van der Waals surface area contributed by atoms with E-state index in [1.54, 1.807) is 13.3 Å². The zero-order valence-corrected chi connectivity index (χ0v) is 21.3. The summed E-state index contributed by atoms with van der Waals surface area (Å²) >= 11 is 1.38. The summed E-state index contributed by atoms with van der Waals surface area (Å²) < 4.78 is 5.64. The Morgan fingerprint density at radius 2 is 2.09 bits per heavy atom. The Kier molecular flexibility index (Phi) is 8.38. The van der Waals surface area contributed by atoms with Crippen molar-refractivity contribution in [3.63, 3.8) is 0 Å². The van der Waals surface area contributed by atoms with E-state index in [9.17, 15) is 14.4 Å². The molecule has 9 heteroatoms. The predicted octanol–water partition coefficient (Wildman–Crippen LogP) is 4.11. The summed E-state index contributed by atoms with van der Waals surface area (Å²) in [6.45, 7) is 3.71. The molecule has 3 amide bonds. The Morgan fingerprint density at radius 1 is 1.26 bits per heavy atom. The SMILES string of the molecule is CCCCN1C(=O)CCC(C(=O)N2CCCC(C(=O)Nc3nccs3)C2)C1c1ccccc1OC. The second-order valence-electron chi connectivity index (χ2n) is 9.22. The van der Waals surface area contributed by atoms with Crippen LogP contribution in [0.1, 0.15) is 57.1 Å². The molecule has 3 unspecified atom stereocenters. The van der Waals surface area contributed by atoms with Crippen LogP contribution in [0.25, 0.3) is 0 Å². The first-order valence-electron chi connectivity index (χ1n) is 12.4. The van der Waals surface area contributed by atoms with Gasteiger partial charge in [0, 0.05) is 43.2 Å². The normalized spacial score (nSPS) is 22.7. The smallest absolute Gasteiger partial charge is 0.231 e. The van der Waals surface area contributed by atoms with Gasteiger partial charge in [0.05, 0.1) is 25.0 Å². The van der Waals surface area contributed by atoms with Crippen LogP contribution in [0.5, 0.6) is 5.75 Å². The van der Waals surface area contributed by atoms with E-state index in [1.807, 2.05) is 39.4 Å². The molecule has 2 fully saturated rings. The van der Waals surface area contributed by atoms with Crippen LogP contribution < -0.4 is 10.1 Å². The number of nitrogens with zero attached hydrogens (tertiary/aromatic N) is 3. The molecule has 0 aliphatic carbocycles. The molecule has 1 aromatic heterocycles. The minimum Gasteiger partial charge on any atom is -0.496 e. The van der Waals surface area contributed by atoms with E-state index in [4.69, 9.17) is 4.74 Å². The number of hydrogen-bond acceptors (Lipinski definition) is 6. The molecule has 0 bridgehead atoms. The maximum Gasteiger partial charge on any atom is 0.231 e. The van der Waals surface area contributed by atoms with Gasteiger partial charge >= 0.3 is 0 Å². The van der Waals surface area contributed by atoms with Crippen molar-refractivity contribution >= 4 is 34.2 Å². The first-order chi connectivity index (χ1) is 17.0. The van der Waals surface area contributed by atoms with Crippen molar-refractivity contribution in [2.24, 2.45) is 11.8 Å². The molecule has 2 aromatic rings. The fourth-order valence-electron chi connectivity index (χ4n) is 5.22. The largest absolute Gasteiger partial charge is 0.496 e. The number of likely N-dealkylation sites (tertiary alicyclic amines) is 2. The van der Waals surface area contributed by atoms with Crippen LogP contribution in [0.2, 0.25) is 0 Å². The molecule has 0 saturated carbocycles. The van der Waals surface area contributed by atoms with Gasteiger partial charge in [-0.2, -0.15) is 0 Å². The number of unbranched alkanes of at least 4 members (excludes halogenated alkanes) is 1. The summed E-state index contributed by atoms with van der Waals surface area (Å²) in [4.78, 5) is 47.7. The van der Waals surface area contributed by atoms with Crippen LogP contribution in [0.15, 0.2) is 35.8 Å². The fraction of sp³-hybridized carbons (Fsp3) is 0.538. The standard InChI is InChI=1S/C26H34N4O4S/c1-3-4-15-30-22(31)12-11-20(23(30)19-9-5-6-10-21(19)34-2)25(33)29-14-7-8-18(17-29)24(32)28-26-27-13-16-35-26/h5-6,9-10,13,16,18,20,23H,3-4,7-8,11-12,14-15,17H2,1-2H3,(H,27,28,32). The molecule has 2 aliphatic rings. The molecule has 3 heterocycles. The first-order valence-corrected chi connectivity index (χ1v) is 13.3. The first kappa shape index (κ1) is 25.2. The summed E-state index contributed by atoms with van der Waals surface area (Å²) in [5.74, 6) is 0.0386. The van der Waals surface area contributed by atoms with Crippen LogP contribution in [0, 0.1) is 11.8 Å². The number of rotatable bonds is 8. The Balaban J connectivity index is 1.57. The lowest BCUT2D eigenvalue weighted by Gasteiger charge is -2.44. The zero-order chi connectivity index (χ0) is 24.8. The molecule has 0 radical (unpaired) electrons. The van der Waals surface area contributed by atoms with Crippen LogP contribution in [0.3, 0.4) is 0 Å². The number of anilines is 1. The van der Waals surface area contributed by atoms with Crippen molar-refractivity contribution < 1.29 is 19.1 Å². The van der Waals surface area contributed by atoms with Crippen molar-refractivity contribution in [1.82, 2.24) is 14.8 Å². The van der Waals surface area contributed by atoms with Crippen molar-refractivity contribution in [2.75, 3.05) is 32.1 Å². The molecule has 3 atom stereocenters. The Bertz CT molecular complexity index is 1030. The number of carbonyl (C=O) groups excluding carboxylic acids is 3. The number of hydrogen-bond donors (Lipinski definition) is 1. The summed E-state index contributed by atoms with van der Waals surface area (Å²) in [5.41, 5.74) is 0.868. The minimum atomic E-state index is -0.379. The van der Waals surface area contributed by atoms with Crippen molar-refractivity contribution in [3.8, 4) is 5.75 Å². The molecule has 0 spiro atoms. The molecule has 1 aromatic carbocycles. The highest BCUT2D eigenvalue weighted by molar-refractivity contribution is 7.13. The van der Waals surface area contributed by atoms with Gasteiger partial charge in [-0.3, -0.25) is 14.4 Å². The van der Waals surface area contributed by atoms with E-state index in [0.29, 0.717) is 43.4 Å². The molecule has 2 aliphatic heterocycles. The average molecular weight is 499 g/mol. The van der Waals surface area contributed by atoms with Crippen molar-refractivity contribution in [1.29, 1.82) is 0 Å². The zero-order valence-electron chi connectivity index (χ0n) is 20.4. The number of benzene rings is 1. The quantitative estimate of drug-likeness (QED) is 0.591. The third-order valence-corrected chi connectivity index (χ3v) is 7.69. The van der Waals surface area contributed by atoms with Gasteiger partial charge in [0.1, 0.15) is 5.75 Å². The predicted molar refractivity (Wildman–Crippen MR) is 135 cm³/mol. The second kappa shape index (κ2) is 11.7. The molecule has 188 valence electrons. The topological polar surface area (TPSA) is 91.8 Å². The number of para-hydroxylation sites is 1. The number of amides is 3. The molecule has 4 rings (SSSR count). The van der Waals surface area contributed by atoms with Crippen molar-refractivity contribution in [2.45, 2.75) is 51.5 Å². The molecule has 1 N–H and O–H groups in total. The number of carbonyl (C=O) groups is 3. The fourth-order valence-corrected chi connectivity index (χ4v) is 5.75. The third-order valence-electron chi connectivity index (χ3n) is 7.00. The summed E-state index contributed by atoms with van der Waals surface area (Å²) in [6.07, 6.45) is 5.85. The van der Waals surface area contributed by atoms with Gasteiger partial charge < -0.3 is 19.9 Å². The van der Waals surface area contributed by atoms with Crippen molar-refractivity contribution in [3.05, 3.63) is 41.4 Å². The van der Waals surface area contributed by atoms with Gasteiger partial charge in [-0.15, -0.1) is 11.3 Å². The van der Waals surface area contributed by atoms with Gasteiger partial charge in [-0.25, -0.2) is 4.98 Å². The summed E-state index contributed by atoms with van der Waals surface area (Å²) in [7, 11) is 1.62. The number of piperidine rings is 2. The van der Waals surface area contributed by atoms with Crippen LogP contribution in [-0.4, -0.2) is 59.2 Å². The summed E-state index contributed by atoms with van der Waals surface area (Å²) in [5, 5.41) is 5.27. The van der Waals surface area contributed by atoms with Gasteiger partial charge in [0.15, 0.2) is 5.13 Å². The van der Waals surface area contributed by atoms with Gasteiger partial charge in [-0.1, -0.05) is 31.5 Å². The third kappa shape index (κ3) is 5.66. The van der Waals surface area contributed by atoms with E-state index in [0.717, 1.165) is 31.2 Å². The monoisotopic (exact) mass is 498 g/mol. The lowest BCUT2D eigenvalue weighted by Crippen LogP contribution is -2.52. The second-order valence-corrected chi connectivity index (χ2v) is 10.1. The number of aromatic nitrogens is 1. The van der Waals surface area contributed by atoms with Gasteiger partial charge in [0.25, 0.3) is 0 Å². The van der Waals surface area contributed by atoms with Crippen LogP contribution >= 0.6 is 11.3 Å². The molecule has 35 heavy (non-hydrogen) atoms. The highest BCUT2D eigenvalue weighted by Crippen LogP contribution is 2.42.